The van der Waals surface area contributed by atoms with Crippen molar-refractivity contribution in [1.29, 1.82) is 0 Å². The van der Waals surface area contributed by atoms with Crippen LogP contribution in [0.3, 0.4) is 0 Å². The fraction of sp³-hybridized carbons (Fsp3) is 0.412. The highest BCUT2D eigenvalue weighted by atomic mass is 19.4. The van der Waals surface area contributed by atoms with E-state index < -0.39 is 11.9 Å². The van der Waals surface area contributed by atoms with Gasteiger partial charge in [0.25, 0.3) is 0 Å². The van der Waals surface area contributed by atoms with Crippen LogP contribution in [0.1, 0.15) is 35.7 Å². The van der Waals surface area contributed by atoms with Gasteiger partial charge in [0.05, 0.1) is 0 Å². The molecule has 1 fully saturated rings. The molecule has 0 bridgehead atoms. The Labute approximate surface area is 136 Å². The maximum atomic E-state index is 12.9. The second-order valence-corrected chi connectivity index (χ2v) is 6.31. The van der Waals surface area contributed by atoms with Crippen LogP contribution in [0.2, 0.25) is 0 Å². The van der Waals surface area contributed by atoms with Crippen LogP contribution in [0, 0.1) is 0 Å². The van der Waals surface area contributed by atoms with Gasteiger partial charge in [0.2, 0.25) is 5.91 Å². The lowest BCUT2D eigenvalue weighted by molar-refractivity contribution is -0.141. The van der Waals surface area contributed by atoms with E-state index in [0.717, 1.165) is 36.6 Å². The van der Waals surface area contributed by atoms with E-state index in [4.69, 9.17) is 0 Å². The van der Waals surface area contributed by atoms with Gasteiger partial charge in [-0.25, -0.2) is 0 Å². The smallest absolute Gasteiger partial charge is 0.310 e. The second-order valence-electron chi connectivity index (χ2n) is 6.31. The Morgan fingerprint density at radius 3 is 2.71 bits per heavy atom. The molecule has 0 unspecified atom stereocenters. The van der Waals surface area contributed by atoms with Crippen LogP contribution in [-0.4, -0.2) is 22.2 Å². The molecular weight excluding hydrogens is 319 g/mol. The summed E-state index contributed by atoms with van der Waals surface area (Å²) in [6.07, 6.45) is -2.02. The van der Waals surface area contributed by atoms with Crippen LogP contribution in [0.15, 0.2) is 30.3 Å². The molecule has 1 aliphatic heterocycles. The maximum Gasteiger partial charge on any atom is 0.435 e. The highest BCUT2D eigenvalue weighted by Crippen LogP contribution is 2.42. The van der Waals surface area contributed by atoms with Crippen molar-refractivity contribution in [3.05, 3.63) is 47.3 Å². The van der Waals surface area contributed by atoms with Gasteiger partial charge < -0.3 is 4.90 Å². The van der Waals surface area contributed by atoms with Gasteiger partial charge in [0.1, 0.15) is 6.54 Å². The molecule has 2 heterocycles. The summed E-state index contributed by atoms with van der Waals surface area (Å²) in [6, 6.07) is 8.69. The van der Waals surface area contributed by atoms with Crippen LogP contribution in [0.4, 0.5) is 18.9 Å². The molecule has 0 radical (unpaired) electrons. The van der Waals surface area contributed by atoms with Crippen molar-refractivity contribution in [2.24, 2.45) is 0 Å². The van der Waals surface area contributed by atoms with E-state index in [2.05, 4.69) is 5.10 Å². The molecule has 0 spiro atoms. The average Bonchev–Trinajstić information content (AvgIpc) is 3.13. The summed E-state index contributed by atoms with van der Waals surface area (Å²) >= 11 is 0. The molecule has 4 rings (SSSR count). The molecule has 1 amide bonds. The SMILES string of the molecule is O=C(Cn1nc(C(F)(F)F)cc1C1CC1)N1CCc2ccccc21. The Morgan fingerprint density at radius 2 is 2.00 bits per heavy atom. The number of anilines is 1. The normalized spacial score (nSPS) is 17.2. The van der Waals surface area contributed by atoms with Crippen molar-refractivity contribution in [2.75, 3.05) is 11.4 Å². The number of hydrogen-bond acceptors (Lipinski definition) is 2. The number of fused-ring (bicyclic) bond motifs is 1. The monoisotopic (exact) mass is 335 g/mol. The molecule has 0 N–H and O–H groups in total. The second kappa shape index (κ2) is 5.36. The van der Waals surface area contributed by atoms with Gasteiger partial charge in [0.15, 0.2) is 5.69 Å². The summed E-state index contributed by atoms with van der Waals surface area (Å²) in [4.78, 5) is 14.3. The highest BCUT2D eigenvalue weighted by molar-refractivity contribution is 5.95. The van der Waals surface area contributed by atoms with Crippen molar-refractivity contribution >= 4 is 11.6 Å². The fourth-order valence-corrected chi connectivity index (χ4v) is 3.21. The van der Waals surface area contributed by atoms with Crippen LogP contribution < -0.4 is 4.90 Å². The van der Waals surface area contributed by atoms with Gasteiger partial charge in [-0.3, -0.25) is 9.48 Å². The molecule has 4 nitrogen and oxygen atoms in total. The maximum absolute atomic E-state index is 12.9. The Bertz CT molecular complexity index is 793. The molecule has 1 aliphatic carbocycles. The number of carbonyl (C=O) groups excluding carboxylic acids is 1. The van der Waals surface area contributed by atoms with Crippen LogP contribution in [0.25, 0.3) is 0 Å². The molecule has 2 aromatic rings. The predicted octanol–water partition coefficient (Wildman–Crippen LogP) is 3.37. The number of alkyl halides is 3. The van der Waals surface area contributed by atoms with Gasteiger partial charge in [-0.2, -0.15) is 18.3 Å². The third-order valence-electron chi connectivity index (χ3n) is 4.57. The summed E-state index contributed by atoms with van der Waals surface area (Å²) in [6.45, 7) is 0.403. The fourth-order valence-electron chi connectivity index (χ4n) is 3.21. The zero-order chi connectivity index (χ0) is 16.9. The van der Waals surface area contributed by atoms with Gasteiger partial charge in [-0.1, -0.05) is 18.2 Å². The number of para-hydroxylation sites is 1. The highest BCUT2D eigenvalue weighted by Gasteiger charge is 2.38. The van der Waals surface area contributed by atoms with E-state index in [1.165, 1.54) is 4.68 Å². The minimum absolute atomic E-state index is 0.0901. The lowest BCUT2D eigenvalue weighted by Crippen LogP contribution is -2.33. The van der Waals surface area contributed by atoms with Crippen LogP contribution in [-0.2, 0) is 23.9 Å². The lowest BCUT2D eigenvalue weighted by Gasteiger charge is -2.18. The zero-order valence-corrected chi connectivity index (χ0v) is 12.9. The summed E-state index contributed by atoms with van der Waals surface area (Å²) in [5.74, 6) is -0.133. The van der Waals surface area contributed by atoms with Crippen LogP contribution >= 0.6 is 0 Å². The largest absolute Gasteiger partial charge is 0.435 e. The van der Waals surface area contributed by atoms with Gasteiger partial charge in [-0.15, -0.1) is 0 Å². The number of aromatic nitrogens is 2. The molecule has 1 aromatic carbocycles. The van der Waals surface area contributed by atoms with E-state index in [1.807, 2.05) is 24.3 Å². The molecule has 1 aromatic heterocycles. The minimum Gasteiger partial charge on any atom is -0.310 e. The third-order valence-corrected chi connectivity index (χ3v) is 4.57. The van der Waals surface area contributed by atoms with E-state index in [9.17, 15) is 18.0 Å². The van der Waals surface area contributed by atoms with Crippen molar-refractivity contribution in [3.8, 4) is 0 Å². The Morgan fingerprint density at radius 1 is 1.25 bits per heavy atom. The molecule has 2 aliphatic rings. The number of benzene rings is 1. The quantitative estimate of drug-likeness (QED) is 0.862. The van der Waals surface area contributed by atoms with E-state index >= 15 is 0 Å². The molecule has 24 heavy (non-hydrogen) atoms. The van der Waals surface area contributed by atoms with Crippen molar-refractivity contribution < 1.29 is 18.0 Å². The third kappa shape index (κ3) is 2.68. The number of rotatable bonds is 3. The molecule has 1 saturated carbocycles. The number of carbonyl (C=O) groups is 1. The Balaban J connectivity index is 1.59. The average molecular weight is 335 g/mol. The summed E-state index contributed by atoms with van der Waals surface area (Å²) in [5.41, 5.74) is 1.53. The summed E-state index contributed by atoms with van der Waals surface area (Å²) in [5, 5.41) is 3.65. The van der Waals surface area contributed by atoms with Gasteiger partial charge >= 0.3 is 6.18 Å². The number of hydrogen-bond donors (Lipinski definition) is 0. The molecule has 7 heteroatoms. The Hall–Kier alpha value is -2.31. The predicted molar refractivity (Wildman–Crippen MR) is 81.7 cm³/mol. The lowest BCUT2D eigenvalue weighted by atomic mass is 10.2. The molecule has 0 saturated heterocycles. The Kier molecular flexibility index (Phi) is 3.40. The van der Waals surface area contributed by atoms with E-state index in [1.54, 1.807) is 4.90 Å². The van der Waals surface area contributed by atoms with Gasteiger partial charge in [-0.05, 0) is 37.0 Å². The first-order valence-corrected chi connectivity index (χ1v) is 7.96. The number of halogens is 3. The topological polar surface area (TPSA) is 38.1 Å². The van der Waals surface area contributed by atoms with Crippen LogP contribution in [0.5, 0.6) is 0 Å². The first-order valence-electron chi connectivity index (χ1n) is 7.96. The van der Waals surface area contributed by atoms with Crippen molar-refractivity contribution in [1.82, 2.24) is 9.78 Å². The standard InChI is InChI=1S/C17H16F3N3O/c18-17(19,20)15-9-14(12-5-6-12)23(21-15)10-16(24)22-8-7-11-3-1-2-4-13(11)22/h1-4,9,12H,5-8,10H2. The molecule has 126 valence electrons. The molecular formula is C17H16F3N3O. The first-order chi connectivity index (χ1) is 11.4. The van der Waals surface area contributed by atoms with E-state index in [0.29, 0.717) is 12.2 Å². The molecule has 0 atom stereocenters. The zero-order valence-electron chi connectivity index (χ0n) is 12.9. The first kappa shape index (κ1) is 15.2. The van der Waals surface area contributed by atoms with Crippen molar-refractivity contribution in [2.45, 2.75) is 37.9 Å². The summed E-state index contributed by atoms with van der Waals surface area (Å²) < 4.78 is 40.0. The minimum atomic E-state index is -4.49. The van der Waals surface area contributed by atoms with Crippen molar-refractivity contribution in [3.63, 3.8) is 0 Å². The summed E-state index contributed by atoms with van der Waals surface area (Å²) in [7, 11) is 0. The number of amides is 1. The number of nitrogens with zero attached hydrogens (tertiary/aromatic N) is 3. The van der Waals surface area contributed by atoms with E-state index in [-0.39, 0.29) is 18.4 Å². The van der Waals surface area contributed by atoms with Gasteiger partial charge in [0, 0.05) is 23.8 Å².